The molecule has 2 aromatic carbocycles. The first-order valence-corrected chi connectivity index (χ1v) is 8.75. The molecule has 0 aliphatic heterocycles. The van der Waals surface area contributed by atoms with E-state index in [9.17, 15) is 4.79 Å². The second kappa shape index (κ2) is 8.85. The van der Waals surface area contributed by atoms with Crippen molar-refractivity contribution >= 4 is 12.0 Å². The summed E-state index contributed by atoms with van der Waals surface area (Å²) >= 11 is 0. The number of aryl methyl sites for hydroxylation is 1. The molecule has 0 spiro atoms. The van der Waals surface area contributed by atoms with Crippen LogP contribution >= 0.6 is 0 Å². The van der Waals surface area contributed by atoms with E-state index in [-0.39, 0.29) is 5.97 Å². The third kappa shape index (κ3) is 5.07. The van der Waals surface area contributed by atoms with Crippen molar-refractivity contribution < 1.29 is 18.7 Å². The lowest BCUT2D eigenvalue weighted by Crippen LogP contribution is -1.98. The van der Waals surface area contributed by atoms with Crippen molar-refractivity contribution in [2.45, 2.75) is 20.5 Å². The molecule has 5 nitrogen and oxygen atoms in total. The van der Waals surface area contributed by atoms with Crippen LogP contribution in [0, 0.1) is 6.92 Å². The highest BCUT2D eigenvalue weighted by molar-refractivity contribution is 5.87. The lowest BCUT2D eigenvalue weighted by atomic mass is 10.2. The summed E-state index contributed by atoms with van der Waals surface area (Å²) < 4.78 is 16.4. The van der Waals surface area contributed by atoms with Gasteiger partial charge in [0.2, 0.25) is 5.89 Å². The summed E-state index contributed by atoms with van der Waals surface area (Å²) in [6, 6.07) is 17.2. The van der Waals surface area contributed by atoms with E-state index in [2.05, 4.69) is 4.98 Å². The van der Waals surface area contributed by atoms with Gasteiger partial charge in [-0.25, -0.2) is 9.78 Å². The quantitative estimate of drug-likeness (QED) is 0.445. The molecule has 0 radical (unpaired) electrons. The molecule has 0 saturated carbocycles. The van der Waals surface area contributed by atoms with Gasteiger partial charge in [0.25, 0.3) is 0 Å². The van der Waals surface area contributed by atoms with Crippen molar-refractivity contribution in [2.75, 3.05) is 6.61 Å². The minimum atomic E-state index is -0.353. The van der Waals surface area contributed by atoms with Crippen LogP contribution in [0.1, 0.15) is 23.9 Å². The zero-order valence-corrected chi connectivity index (χ0v) is 15.3. The molecule has 1 aromatic heterocycles. The summed E-state index contributed by atoms with van der Waals surface area (Å²) in [5, 5.41) is 0. The van der Waals surface area contributed by atoms with Gasteiger partial charge in [0, 0.05) is 11.6 Å². The molecule has 138 valence electrons. The van der Waals surface area contributed by atoms with Gasteiger partial charge in [-0.15, -0.1) is 0 Å². The molecule has 0 unspecified atom stereocenters. The Morgan fingerprint density at radius 3 is 2.56 bits per heavy atom. The third-order valence-electron chi connectivity index (χ3n) is 3.87. The van der Waals surface area contributed by atoms with Gasteiger partial charge in [-0.05, 0) is 49.8 Å². The molecule has 0 aliphatic carbocycles. The molecule has 0 N–H and O–H groups in total. The summed E-state index contributed by atoms with van der Waals surface area (Å²) in [6.45, 7) is 4.34. The summed E-state index contributed by atoms with van der Waals surface area (Å²) in [7, 11) is 0. The minimum absolute atomic E-state index is 0.320. The summed E-state index contributed by atoms with van der Waals surface area (Å²) in [5.41, 5.74) is 2.59. The number of nitrogens with zero attached hydrogens (tertiary/aromatic N) is 1. The minimum Gasteiger partial charge on any atom is -0.487 e. The molecule has 0 amide bonds. The Balaban J connectivity index is 1.60. The number of esters is 1. The second-order valence-electron chi connectivity index (χ2n) is 5.83. The number of hydrogen-bond donors (Lipinski definition) is 0. The first-order chi connectivity index (χ1) is 13.2. The number of ether oxygens (including phenoxy) is 2. The fourth-order valence-electron chi connectivity index (χ4n) is 2.45. The molecule has 3 rings (SSSR count). The molecule has 1 heterocycles. The summed E-state index contributed by atoms with van der Waals surface area (Å²) in [5.74, 6) is 1.69. The maximum absolute atomic E-state index is 11.3. The van der Waals surface area contributed by atoms with Crippen LogP contribution in [0.15, 0.2) is 65.1 Å². The van der Waals surface area contributed by atoms with E-state index in [1.54, 1.807) is 13.0 Å². The lowest BCUT2D eigenvalue weighted by Gasteiger charge is -2.04. The van der Waals surface area contributed by atoms with Crippen LogP contribution in [0.2, 0.25) is 0 Å². The van der Waals surface area contributed by atoms with Crippen LogP contribution in [-0.4, -0.2) is 17.6 Å². The van der Waals surface area contributed by atoms with Crippen molar-refractivity contribution in [1.82, 2.24) is 4.98 Å². The van der Waals surface area contributed by atoms with Crippen LogP contribution in [0.4, 0.5) is 0 Å². The van der Waals surface area contributed by atoms with E-state index < -0.39 is 0 Å². The van der Waals surface area contributed by atoms with Crippen LogP contribution < -0.4 is 4.74 Å². The van der Waals surface area contributed by atoms with Crippen LogP contribution in [-0.2, 0) is 16.1 Å². The molecule has 5 heteroatoms. The third-order valence-corrected chi connectivity index (χ3v) is 3.87. The SMILES string of the molecule is CCOC(=O)C=Cc1ccc(OCc2nc(-c3ccccc3)oc2C)cc1. The molecule has 0 saturated heterocycles. The summed E-state index contributed by atoms with van der Waals surface area (Å²) in [4.78, 5) is 15.9. The van der Waals surface area contributed by atoms with Crippen molar-refractivity contribution in [3.05, 3.63) is 77.7 Å². The van der Waals surface area contributed by atoms with Crippen molar-refractivity contribution in [2.24, 2.45) is 0 Å². The number of rotatable bonds is 7. The Morgan fingerprint density at radius 1 is 1.11 bits per heavy atom. The molecule has 0 atom stereocenters. The Morgan fingerprint density at radius 2 is 1.85 bits per heavy atom. The van der Waals surface area contributed by atoms with E-state index in [0.717, 1.165) is 22.6 Å². The second-order valence-corrected chi connectivity index (χ2v) is 5.83. The van der Waals surface area contributed by atoms with Gasteiger partial charge in [0.05, 0.1) is 6.61 Å². The maximum Gasteiger partial charge on any atom is 0.330 e. The predicted octanol–water partition coefficient (Wildman–Crippen LogP) is 4.81. The van der Waals surface area contributed by atoms with E-state index in [1.807, 2.05) is 61.5 Å². The maximum atomic E-state index is 11.3. The van der Waals surface area contributed by atoms with Gasteiger partial charge < -0.3 is 13.9 Å². The number of oxazole rings is 1. The highest BCUT2D eigenvalue weighted by Gasteiger charge is 2.11. The van der Waals surface area contributed by atoms with Crippen LogP contribution in [0.3, 0.4) is 0 Å². The average Bonchev–Trinajstić information content (AvgIpc) is 3.07. The first-order valence-electron chi connectivity index (χ1n) is 8.75. The number of hydrogen-bond acceptors (Lipinski definition) is 5. The fourth-order valence-corrected chi connectivity index (χ4v) is 2.45. The predicted molar refractivity (Wildman–Crippen MR) is 103 cm³/mol. The largest absolute Gasteiger partial charge is 0.487 e. The highest BCUT2D eigenvalue weighted by Crippen LogP contribution is 2.22. The molecule has 0 fully saturated rings. The molecule has 3 aromatic rings. The van der Waals surface area contributed by atoms with Gasteiger partial charge in [-0.3, -0.25) is 0 Å². The number of aromatic nitrogens is 1. The fraction of sp³-hybridized carbons (Fsp3) is 0.182. The number of carbonyl (C=O) groups is 1. The smallest absolute Gasteiger partial charge is 0.330 e. The topological polar surface area (TPSA) is 61.6 Å². The zero-order chi connectivity index (χ0) is 19.1. The normalized spacial score (nSPS) is 10.9. The van der Waals surface area contributed by atoms with Gasteiger partial charge in [-0.2, -0.15) is 0 Å². The first kappa shape index (κ1) is 18.5. The monoisotopic (exact) mass is 363 g/mol. The number of carbonyl (C=O) groups excluding carboxylic acids is 1. The molecule has 27 heavy (non-hydrogen) atoms. The zero-order valence-electron chi connectivity index (χ0n) is 15.3. The van der Waals surface area contributed by atoms with Gasteiger partial charge in [-0.1, -0.05) is 30.3 Å². The summed E-state index contributed by atoms with van der Waals surface area (Å²) in [6.07, 6.45) is 3.11. The lowest BCUT2D eigenvalue weighted by molar-refractivity contribution is -0.137. The Kier molecular flexibility index (Phi) is 6.05. The molecular weight excluding hydrogens is 342 g/mol. The van der Waals surface area contributed by atoms with E-state index >= 15 is 0 Å². The van der Waals surface area contributed by atoms with Crippen molar-refractivity contribution in [3.63, 3.8) is 0 Å². The van der Waals surface area contributed by atoms with E-state index in [0.29, 0.717) is 24.9 Å². The van der Waals surface area contributed by atoms with E-state index in [4.69, 9.17) is 13.9 Å². The van der Waals surface area contributed by atoms with Crippen molar-refractivity contribution in [3.8, 4) is 17.2 Å². The highest BCUT2D eigenvalue weighted by atomic mass is 16.5. The van der Waals surface area contributed by atoms with Crippen LogP contribution in [0.25, 0.3) is 17.5 Å². The van der Waals surface area contributed by atoms with E-state index in [1.165, 1.54) is 6.08 Å². The number of benzene rings is 2. The van der Waals surface area contributed by atoms with Crippen molar-refractivity contribution in [1.29, 1.82) is 0 Å². The average molecular weight is 363 g/mol. The Bertz CT molecular complexity index is 911. The van der Waals surface area contributed by atoms with Gasteiger partial charge in [0.15, 0.2) is 0 Å². The molecular formula is C22H21NO4. The van der Waals surface area contributed by atoms with Crippen LogP contribution in [0.5, 0.6) is 5.75 Å². The van der Waals surface area contributed by atoms with Gasteiger partial charge in [0.1, 0.15) is 23.8 Å². The molecule has 0 aliphatic rings. The van der Waals surface area contributed by atoms with Gasteiger partial charge >= 0.3 is 5.97 Å². The Hall–Kier alpha value is -3.34. The Labute approximate surface area is 158 Å². The molecule has 0 bridgehead atoms. The standard InChI is InChI=1S/C22H21NO4/c1-3-25-21(24)14-11-17-9-12-19(13-10-17)26-15-20-16(2)27-22(23-20)18-7-5-4-6-8-18/h4-14H,3,15H2,1-2H3.